The van der Waals surface area contributed by atoms with Crippen molar-refractivity contribution < 1.29 is 13.2 Å². The Kier molecular flexibility index (Phi) is 7.22. The minimum atomic E-state index is -3.63. The van der Waals surface area contributed by atoms with Gasteiger partial charge in [0.05, 0.1) is 10.8 Å². The first-order valence-corrected chi connectivity index (χ1v) is 13.3. The molecule has 0 bridgehead atoms. The number of carbonyl (C=O) groups excluding carboxylic acids is 1. The predicted molar refractivity (Wildman–Crippen MR) is 130 cm³/mol. The zero-order valence-electron chi connectivity index (χ0n) is 20.0. The second-order valence-corrected chi connectivity index (χ2v) is 11.4. The normalized spacial score (nSPS) is 20.7. The summed E-state index contributed by atoms with van der Waals surface area (Å²) >= 11 is 0. The molecule has 1 atom stereocenters. The second-order valence-electron chi connectivity index (χ2n) is 9.52. The number of benzene rings is 2. The topological polar surface area (TPSA) is 60.9 Å². The Morgan fingerprint density at radius 1 is 0.939 bits per heavy atom. The SMILES string of the molecule is Cc1cc(C)c(S(=O)(=O)N2CCC[C@H](C(=O)N3CCN(Cc4ccccc4)CC3)C2)c(C)c1. The highest BCUT2D eigenvalue weighted by atomic mass is 32.2. The van der Waals surface area contributed by atoms with Crippen LogP contribution in [-0.4, -0.2) is 67.7 Å². The van der Waals surface area contributed by atoms with Gasteiger partial charge < -0.3 is 4.90 Å². The summed E-state index contributed by atoms with van der Waals surface area (Å²) in [6.07, 6.45) is 1.47. The molecule has 33 heavy (non-hydrogen) atoms. The quantitative estimate of drug-likeness (QED) is 0.674. The van der Waals surface area contributed by atoms with Gasteiger partial charge in [-0.25, -0.2) is 8.42 Å². The highest BCUT2D eigenvalue weighted by Crippen LogP contribution is 2.29. The summed E-state index contributed by atoms with van der Waals surface area (Å²) in [4.78, 5) is 18.0. The number of rotatable bonds is 5. The van der Waals surface area contributed by atoms with E-state index in [1.165, 1.54) is 9.87 Å². The van der Waals surface area contributed by atoms with E-state index in [-0.39, 0.29) is 18.4 Å². The highest BCUT2D eigenvalue weighted by Gasteiger charge is 2.36. The summed E-state index contributed by atoms with van der Waals surface area (Å²) in [6.45, 7) is 10.4. The second kappa shape index (κ2) is 9.95. The number of nitrogens with zero attached hydrogens (tertiary/aromatic N) is 3. The number of hydrogen-bond donors (Lipinski definition) is 0. The highest BCUT2D eigenvalue weighted by molar-refractivity contribution is 7.89. The van der Waals surface area contributed by atoms with Crippen LogP contribution in [0.3, 0.4) is 0 Å². The molecule has 0 aromatic heterocycles. The average Bonchev–Trinajstić information content (AvgIpc) is 2.79. The monoisotopic (exact) mass is 469 g/mol. The maximum Gasteiger partial charge on any atom is 0.243 e. The van der Waals surface area contributed by atoms with Crippen LogP contribution in [0.1, 0.15) is 35.1 Å². The Balaban J connectivity index is 1.39. The standard InChI is InChI=1S/C26H35N3O3S/c1-20-16-21(2)25(22(3)17-20)33(31,32)29-11-7-10-24(19-29)26(30)28-14-12-27(13-15-28)18-23-8-5-4-6-9-23/h4-6,8-9,16-17,24H,7,10-15,18-19H2,1-3H3/t24-/m0/s1. The van der Waals surface area contributed by atoms with Crippen molar-refractivity contribution in [2.75, 3.05) is 39.3 Å². The fourth-order valence-electron chi connectivity index (χ4n) is 5.29. The van der Waals surface area contributed by atoms with Crippen molar-refractivity contribution in [2.45, 2.75) is 45.1 Å². The molecule has 2 aliphatic rings. The van der Waals surface area contributed by atoms with Gasteiger partial charge in [0, 0.05) is 45.8 Å². The molecular formula is C26H35N3O3S. The first kappa shape index (κ1) is 23.9. The number of piperidine rings is 1. The summed E-state index contributed by atoms with van der Waals surface area (Å²) in [5.74, 6) is -0.160. The van der Waals surface area contributed by atoms with Gasteiger partial charge in [0.25, 0.3) is 0 Å². The lowest BCUT2D eigenvalue weighted by Gasteiger charge is -2.39. The van der Waals surface area contributed by atoms with Gasteiger partial charge in [0.15, 0.2) is 0 Å². The molecule has 4 rings (SSSR count). The van der Waals surface area contributed by atoms with Crippen molar-refractivity contribution in [1.29, 1.82) is 0 Å². The lowest BCUT2D eigenvalue weighted by molar-refractivity contribution is -0.138. The lowest BCUT2D eigenvalue weighted by Crippen LogP contribution is -2.52. The zero-order chi connectivity index (χ0) is 23.6. The number of piperazine rings is 1. The fraction of sp³-hybridized carbons (Fsp3) is 0.500. The minimum Gasteiger partial charge on any atom is -0.340 e. The molecule has 0 unspecified atom stereocenters. The van der Waals surface area contributed by atoms with Crippen LogP contribution < -0.4 is 0 Å². The van der Waals surface area contributed by atoms with Gasteiger partial charge in [-0.05, 0) is 50.3 Å². The summed E-state index contributed by atoms with van der Waals surface area (Å²) in [5, 5.41) is 0. The molecule has 7 heteroatoms. The van der Waals surface area contributed by atoms with E-state index < -0.39 is 10.0 Å². The third kappa shape index (κ3) is 5.31. The van der Waals surface area contributed by atoms with Crippen molar-refractivity contribution in [3.05, 3.63) is 64.7 Å². The average molecular weight is 470 g/mol. The van der Waals surface area contributed by atoms with Crippen LogP contribution in [-0.2, 0) is 21.4 Å². The zero-order valence-corrected chi connectivity index (χ0v) is 20.8. The van der Waals surface area contributed by atoms with Crippen LogP contribution in [0.25, 0.3) is 0 Å². The molecule has 2 heterocycles. The predicted octanol–water partition coefficient (Wildman–Crippen LogP) is 3.36. The van der Waals surface area contributed by atoms with E-state index in [0.29, 0.717) is 31.0 Å². The Morgan fingerprint density at radius 2 is 1.58 bits per heavy atom. The van der Waals surface area contributed by atoms with E-state index >= 15 is 0 Å². The third-order valence-corrected chi connectivity index (χ3v) is 9.04. The van der Waals surface area contributed by atoms with Crippen LogP contribution in [0.2, 0.25) is 0 Å². The Morgan fingerprint density at radius 3 is 2.21 bits per heavy atom. The first-order valence-electron chi connectivity index (χ1n) is 11.9. The minimum absolute atomic E-state index is 0.103. The van der Waals surface area contributed by atoms with E-state index in [1.54, 1.807) is 0 Å². The van der Waals surface area contributed by atoms with Gasteiger partial charge in [-0.15, -0.1) is 0 Å². The van der Waals surface area contributed by atoms with Crippen LogP contribution in [0, 0.1) is 26.7 Å². The van der Waals surface area contributed by atoms with E-state index in [1.807, 2.05) is 43.9 Å². The molecule has 0 saturated carbocycles. The van der Waals surface area contributed by atoms with Crippen molar-refractivity contribution in [3.8, 4) is 0 Å². The van der Waals surface area contributed by atoms with Crippen molar-refractivity contribution >= 4 is 15.9 Å². The fourth-order valence-corrected chi connectivity index (χ4v) is 7.23. The van der Waals surface area contributed by atoms with Gasteiger partial charge in [-0.3, -0.25) is 9.69 Å². The molecule has 2 saturated heterocycles. The number of hydrogen-bond acceptors (Lipinski definition) is 4. The molecule has 2 aromatic carbocycles. The molecule has 0 radical (unpaired) electrons. The van der Waals surface area contributed by atoms with E-state index in [4.69, 9.17) is 0 Å². The summed E-state index contributed by atoms with van der Waals surface area (Å²) in [5.41, 5.74) is 3.89. The van der Waals surface area contributed by atoms with Gasteiger partial charge in [0.1, 0.15) is 0 Å². The molecule has 2 aromatic rings. The Labute approximate surface area is 198 Å². The maximum absolute atomic E-state index is 13.5. The van der Waals surface area contributed by atoms with Gasteiger partial charge in [-0.1, -0.05) is 48.0 Å². The molecule has 0 N–H and O–H groups in total. The number of sulfonamides is 1. The van der Waals surface area contributed by atoms with Gasteiger partial charge >= 0.3 is 0 Å². The molecule has 1 amide bonds. The first-order chi connectivity index (χ1) is 15.8. The summed E-state index contributed by atoms with van der Waals surface area (Å²) < 4.78 is 28.5. The Bertz CT molecular complexity index is 1070. The van der Waals surface area contributed by atoms with E-state index in [9.17, 15) is 13.2 Å². The lowest BCUT2D eigenvalue weighted by atomic mass is 9.97. The molecule has 178 valence electrons. The molecule has 0 aliphatic carbocycles. The molecular weight excluding hydrogens is 434 g/mol. The van der Waals surface area contributed by atoms with Gasteiger partial charge in [-0.2, -0.15) is 4.31 Å². The van der Waals surface area contributed by atoms with Crippen LogP contribution >= 0.6 is 0 Å². The van der Waals surface area contributed by atoms with E-state index in [2.05, 4.69) is 29.2 Å². The van der Waals surface area contributed by atoms with Crippen molar-refractivity contribution in [1.82, 2.24) is 14.1 Å². The van der Waals surface area contributed by atoms with E-state index in [0.717, 1.165) is 42.7 Å². The summed E-state index contributed by atoms with van der Waals surface area (Å²) in [6, 6.07) is 14.2. The molecule has 6 nitrogen and oxygen atoms in total. The molecule has 2 fully saturated rings. The summed E-state index contributed by atoms with van der Waals surface area (Å²) in [7, 11) is -3.63. The molecule has 0 spiro atoms. The Hall–Kier alpha value is -2.22. The van der Waals surface area contributed by atoms with Gasteiger partial charge in [0.2, 0.25) is 15.9 Å². The largest absolute Gasteiger partial charge is 0.340 e. The van der Waals surface area contributed by atoms with Crippen LogP contribution in [0.4, 0.5) is 0 Å². The number of aryl methyl sites for hydroxylation is 3. The van der Waals surface area contributed by atoms with Crippen LogP contribution in [0.15, 0.2) is 47.4 Å². The van der Waals surface area contributed by atoms with Crippen molar-refractivity contribution in [2.24, 2.45) is 5.92 Å². The number of amides is 1. The van der Waals surface area contributed by atoms with Crippen molar-refractivity contribution in [3.63, 3.8) is 0 Å². The van der Waals surface area contributed by atoms with Crippen LogP contribution in [0.5, 0.6) is 0 Å². The molecule has 2 aliphatic heterocycles. The third-order valence-electron chi connectivity index (χ3n) is 6.87. The number of carbonyl (C=O) groups is 1. The maximum atomic E-state index is 13.5. The smallest absolute Gasteiger partial charge is 0.243 e.